The van der Waals surface area contributed by atoms with Crippen LogP contribution in [0.2, 0.25) is 0 Å². The lowest BCUT2D eigenvalue weighted by molar-refractivity contribution is -0.143. The highest BCUT2D eigenvalue weighted by atomic mass is 35.5. The number of alkyl halides is 1. The fourth-order valence-corrected chi connectivity index (χ4v) is 4.21. The molecule has 0 heterocycles. The highest BCUT2D eigenvalue weighted by Gasteiger charge is 2.33. The van der Waals surface area contributed by atoms with E-state index >= 15 is 0 Å². The Bertz CT molecular complexity index is 1400. The Labute approximate surface area is 270 Å². The molecular weight excluding hydrogens is 624 g/mol. The number of carboxylic acids is 1. The van der Waals surface area contributed by atoms with Crippen molar-refractivity contribution in [1.29, 1.82) is 0 Å². The van der Waals surface area contributed by atoms with E-state index in [4.69, 9.17) is 21.4 Å². The molecule has 2 aromatic carbocycles. The van der Waals surface area contributed by atoms with Gasteiger partial charge >= 0.3 is 12.1 Å². The van der Waals surface area contributed by atoms with Crippen LogP contribution in [-0.4, -0.2) is 81.6 Å². The van der Waals surface area contributed by atoms with E-state index in [0.29, 0.717) is 5.56 Å². The minimum absolute atomic E-state index is 0.000949. The summed E-state index contributed by atoms with van der Waals surface area (Å²) >= 11 is 5.38. The molecule has 0 saturated carbocycles. The highest BCUT2D eigenvalue weighted by molar-refractivity contribution is 6.48. The zero-order valence-electron chi connectivity index (χ0n) is 25.4. The molecule has 0 saturated heterocycles. The van der Waals surface area contributed by atoms with Crippen molar-refractivity contribution in [1.82, 2.24) is 21.3 Å². The summed E-state index contributed by atoms with van der Waals surface area (Å²) < 4.78 is 5.26. The van der Waals surface area contributed by atoms with Gasteiger partial charge in [0, 0.05) is 6.42 Å². The number of halogens is 1. The summed E-state index contributed by atoms with van der Waals surface area (Å²) in [5.74, 6) is -7.48. The van der Waals surface area contributed by atoms with E-state index in [2.05, 4.69) is 21.3 Å². The van der Waals surface area contributed by atoms with Crippen LogP contribution in [0.15, 0.2) is 54.6 Å². The first-order valence-corrected chi connectivity index (χ1v) is 14.8. The summed E-state index contributed by atoms with van der Waals surface area (Å²) in [5, 5.41) is 28.3. The number of alkyl carbamates (subject to hydrolysis) is 1. The maximum Gasteiger partial charge on any atom is 0.408 e. The maximum atomic E-state index is 13.5. The van der Waals surface area contributed by atoms with Crippen molar-refractivity contribution in [2.75, 3.05) is 5.88 Å². The van der Waals surface area contributed by atoms with Crippen LogP contribution in [-0.2, 0) is 46.5 Å². The number of ketones is 2. The summed E-state index contributed by atoms with van der Waals surface area (Å²) in [6.07, 6.45) is -1.81. The Kier molecular flexibility index (Phi) is 14.6. The van der Waals surface area contributed by atoms with Gasteiger partial charge in [0.2, 0.25) is 29.3 Å². The van der Waals surface area contributed by atoms with E-state index < -0.39 is 83.7 Å². The molecule has 0 aliphatic carbocycles. The molecule has 0 aliphatic heterocycles. The van der Waals surface area contributed by atoms with Gasteiger partial charge in [-0.1, -0.05) is 56.3 Å². The minimum atomic E-state index is -1.70. The maximum absolute atomic E-state index is 13.5. The number of carbonyl (C=O) groups is 7. The van der Waals surface area contributed by atoms with Crippen LogP contribution in [0, 0.1) is 5.92 Å². The molecule has 4 atom stereocenters. The Morgan fingerprint density at radius 1 is 0.761 bits per heavy atom. The van der Waals surface area contributed by atoms with E-state index in [9.17, 15) is 38.7 Å². The van der Waals surface area contributed by atoms with Gasteiger partial charge in [-0.25, -0.2) is 4.79 Å². The molecular formula is C31H37ClN4O10. The molecule has 15 heteroatoms. The van der Waals surface area contributed by atoms with E-state index in [1.165, 1.54) is 19.1 Å². The molecule has 0 spiro atoms. The molecule has 248 valence electrons. The number of nitrogens with one attached hydrogen (secondary N) is 4. The molecule has 0 unspecified atom stereocenters. The lowest BCUT2D eigenvalue weighted by Gasteiger charge is -2.27. The summed E-state index contributed by atoms with van der Waals surface area (Å²) in [6, 6.07) is 9.35. The van der Waals surface area contributed by atoms with E-state index in [0.717, 1.165) is 5.56 Å². The molecule has 46 heavy (non-hydrogen) atoms. The van der Waals surface area contributed by atoms with Gasteiger partial charge in [0.15, 0.2) is 0 Å². The zero-order valence-corrected chi connectivity index (χ0v) is 26.2. The average molecular weight is 661 g/mol. The van der Waals surface area contributed by atoms with Crippen molar-refractivity contribution >= 4 is 53.0 Å². The van der Waals surface area contributed by atoms with Crippen LogP contribution in [0.3, 0.4) is 0 Å². The molecule has 0 bridgehead atoms. The second kappa shape index (κ2) is 18.1. The molecule has 0 aromatic heterocycles. The number of phenols is 1. The quantitative estimate of drug-likeness (QED) is 0.105. The SMILES string of the molecule is CC(C)[C@H](NC(=O)[C@H](Cc1ccc(O)cc1)NC(=O)OCc1ccccc1)C(=O)N[C@@H](C)C(=O)N[C@@H](CC(=O)O)C(=O)C(=O)CCl. The molecule has 0 fully saturated rings. The van der Waals surface area contributed by atoms with Gasteiger partial charge in [0.05, 0.1) is 12.3 Å². The number of aliphatic carboxylic acids is 1. The number of benzene rings is 2. The van der Waals surface area contributed by atoms with Gasteiger partial charge in [0.25, 0.3) is 0 Å². The van der Waals surface area contributed by atoms with Gasteiger partial charge in [-0.15, -0.1) is 11.6 Å². The van der Waals surface area contributed by atoms with Crippen molar-refractivity contribution in [2.45, 2.75) is 64.4 Å². The lowest BCUT2D eigenvalue weighted by Crippen LogP contribution is -2.59. The van der Waals surface area contributed by atoms with Crippen LogP contribution in [0.25, 0.3) is 0 Å². The third kappa shape index (κ3) is 12.2. The number of carbonyl (C=O) groups excluding carboxylic acids is 6. The van der Waals surface area contributed by atoms with Crippen LogP contribution in [0.1, 0.15) is 38.3 Å². The van der Waals surface area contributed by atoms with Crippen molar-refractivity contribution in [3.63, 3.8) is 0 Å². The van der Waals surface area contributed by atoms with Gasteiger partial charge in [0.1, 0.15) is 36.5 Å². The predicted molar refractivity (Wildman–Crippen MR) is 165 cm³/mol. The van der Waals surface area contributed by atoms with Crippen molar-refractivity contribution in [3.8, 4) is 5.75 Å². The normalized spacial score (nSPS) is 13.3. The number of hydrogen-bond acceptors (Lipinski definition) is 9. The summed E-state index contributed by atoms with van der Waals surface area (Å²) in [5.41, 5.74) is 1.30. The lowest BCUT2D eigenvalue weighted by atomic mass is 10.0. The van der Waals surface area contributed by atoms with E-state index in [1.807, 2.05) is 0 Å². The fraction of sp³-hybridized carbons (Fsp3) is 0.387. The second-order valence-electron chi connectivity index (χ2n) is 10.7. The van der Waals surface area contributed by atoms with Crippen LogP contribution in [0.4, 0.5) is 4.79 Å². The monoisotopic (exact) mass is 660 g/mol. The molecule has 0 radical (unpaired) electrons. The smallest absolute Gasteiger partial charge is 0.408 e. The van der Waals surface area contributed by atoms with Crippen molar-refractivity contribution in [3.05, 3.63) is 65.7 Å². The first-order valence-electron chi connectivity index (χ1n) is 14.2. The number of phenolic OH excluding ortho intramolecular Hbond substituents is 1. The van der Waals surface area contributed by atoms with Crippen molar-refractivity contribution in [2.24, 2.45) is 5.92 Å². The Balaban J connectivity index is 2.14. The summed E-state index contributed by atoms with van der Waals surface area (Å²) in [7, 11) is 0. The van der Waals surface area contributed by atoms with Crippen LogP contribution in [0.5, 0.6) is 5.75 Å². The average Bonchev–Trinajstić information content (AvgIpc) is 3.02. The fourth-order valence-electron chi connectivity index (χ4n) is 4.08. The zero-order chi connectivity index (χ0) is 34.4. The second-order valence-corrected chi connectivity index (χ2v) is 10.9. The number of ether oxygens (including phenoxy) is 1. The van der Waals surface area contributed by atoms with Gasteiger partial charge in [-0.3, -0.25) is 28.8 Å². The minimum Gasteiger partial charge on any atom is -0.508 e. The van der Waals surface area contributed by atoms with Gasteiger partial charge in [-0.05, 0) is 36.1 Å². The van der Waals surface area contributed by atoms with Crippen LogP contribution < -0.4 is 21.3 Å². The third-order valence-electron chi connectivity index (χ3n) is 6.60. The topological polar surface area (TPSA) is 217 Å². The molecule has 14 nitrogen and oxygen atoms in total. The standard InChI is InChI=1S/C31H37ClN4O10/c1-17(2)26(30(44)33-18(3)28(42)34-22(14-25(39)40)27(41)24(38)15-32)36-29(43)23(13-19-9-11-21(37)12-10-19)35-31(45)46-16-20-7-5-4-6-8-20/h4-12,17-18,22-23,26,37H,13-16H2,1-3H3,(H,33,44)(H,34,42)(H,35,45)(H,36,43)(H,39,40)/t18-,22-,23-,26-/m0/s1. The van der Waals surface area contributed by atoms with Crippen LogP contribution >= 0.6 is 11.6 Å². The Hall–Kier alpha value is -4.98. The summed E-state index contributed by atoms with van der Waals surface area (Å²) in [6.45, 7) is 4.46. The highest BCUT2D eigenvalue weighted by Crippen LogP contribution is 2.13. The number of aromatic hydroxyl groups is 1. The van der Waals surface area contributed by atoms with E-state index in [1.54, 1.807) is 56.3 Å². The predicted octanol–water partition coefficient (Wildman–Crippen LogP) is 1.21. The number of Topliss-reactive ketones (excluding diaryl/α,β-unsaturated/α-hetero) is 2. The Morgan fingerprint density at radius 3 is 1.96 bits per heavy atom. The van der Waals surface area contributed by atoms with Gasteiger partial charge < -0.3 is 36.2 Å². The first-order chi connectivity index (χ1) is 21.7. The molecule has 4 amide bonds. The first kappa shape index (κ1) is 37.2. The molecule has 6 N–H and O–H groups in total. The third-order valence-corrected chi connectivity index (χ3v) is 6.85. The number of carboxylic acid groups (broad SMARTS) is 1. The Morgan fingerprint density at radius 2 is 1.39 bits per heavy atom. The molecule has 0 aliphatic rings. The largest absolute Gasteiger partial charge is 0.508 e. The number of rotatable bonds is 17. The molecule has 2 rings (SSSR count). The summed E-state index contributed by atoms with van der Waals surface area (Å²) in [4.78, 5) is 87.1. The number of hydrogen-bond donors (Lipinski definition) is 6. The molecule has 2 aromatic rings. The van der Waals surface area contributed by atoms with Crippen molar-refractivity contribution < 1.29 is 48.5 Å². The van der Waals surface area contributed by atoms with E-state index in [-0.39, 0.29) is 18.8 Å². The number of amides is 4. The van der Waals surface area contributed by atoms with Gasteiger partial charge in [-0.2, -0.15) is 0 Å².